The third kappa shape index (κ3) is 5.67. The number of aryl methyl sites for hydroxylation is 3. The van der Waals surface area contributed by atoms with Crippen LogP contribution < -0.4 is 0 Å². The number of hydrogen-bond donors (Lipinski definition) is 1. The van der Waals surface area contributed by atoms with Gasteiger partial charge in [0, 0.05) is 18.3 Å². The first-order valence-corrected chi connectivity index (χ1v) is 10.1. The van der Waals surface area contributed by atoms with Crippen molar-refractivity contribution in [2.24, 2.45) is 0 Å². The molecule has 5 heteroatoms. The molecule has 0 bridgehead atoms. The first kappa shape index (κ1) is 21.5. The van der Waals surface area contributed by atoms with E-state index in [1.807, 2.05) is 78.4 Å². The smallest absolute Gasteiger partial charge is 0.332 e. The van der Waals surface area contributed by atoms with E-state index in [0.717, 1.165) is 30.5 Å². The largest absolute Gasteiger partial charge is 0.479 e. The SMILES string of the molecule is Cc1ccc(C(=O)c2cccn2CCCc2ccc(COC(C)C(=O)O)cc2)cc1. The standard InChI is InChI=1S/C25H27NO4/c1-18-7-13-22(14-8-18)24(27)23-6-4-16-26(23)15-3-5-20-9-11-21(12-10-20)17-30-19(2)25(28)29/h4,6-14,16,19H,3,5,15,17H2,1-2H3,(H,28,29). The summed E-state index contributed by atoms with van der Waals surface area (Å²) in [5, 5.41) is 8.86. The minimum Gasteiger partial charge on any atom is -0.479 e. The number of benzene rings is 2. The number of aromatic nitrogens is 1. The Labute approximate surface area is 176 Å². The Morgan fingerprint density at radius 2 is 1.67 bits per heavy atom. The highest BCUT2D eigenvalue weighted by Crippen LogP contribution is 2.14. The molecule has 5 nitrogen and oxygen atoms in total. The van der Waals surface area contributed by atoms with Crippen LogP contribution in [0.1, 0.15) is 46.1 Å². The van der Waals surface area contributed by atoms with Gasteiger partial charge in [-0.15, -0.1) is 0 Å². The summed E-state index contributed by atoms with van der Waals surface area (Å²) in [5.41, 5.74) is 4.69. The molecular formula is C25H27NO4. The van der Waals surface area contributed by atoms with Crippen molar-refractivity contribution >= 4 is 11.8 Å². The highest BCUT2D eigenvalue weighted by atomic mass is 16.5. The van der Waals surface area contributed by atoms with Gasteiger partial charge in [-0.25, -0.2) is 4.79 Å². The number of ketones is 1. The normalized spacial score (nSPS) is 11.9. The molecule has 1 N–H and O–H groups in total. The van der Waals surface area contributed by atoms with Gasteiger partial charge in [0.25, 0.3) is 0 Å². The van der Waals surface area contributed by atoms with E-state index >= 15 is 0 Å². The number of carbonyl (C=O) groups excluding carboxylic acids is 1. The lowest BCUT2D eigenvalue weighted by Gasteiger charge is -2.10. The van der Waals surface area contributed by atoms with Crippen molar-refractivity contribution in [1.29, 1.82) is 0 Å². The van der Waals surface area contributed by atoms with Crippen LogP contribution in [0, 0.1) is 6.92 Å². The van der Waals surface area contributed by atoms with Gasteiger partial charge in [-0.05, 0) is 49.9 Å². The third-order valence-electron chi connectivity index (χ3n) is 5.11. The molecule has 1 atom stereocenters. The number of carboxylic acid groups (broad SMARTS) is 1. The molecule has 0 amide bonds. The fraction of sp³-hybridized carbons (Fsp3) is 0.280. The molecule has 0 fully saturated rings. The van der Waals surface area contributed by atoms with Gasteiger partial charge in [0.2, 0.25) is 5.78 Å². The van der Waals surface area contributed by atoms with E-state index in [0.29, 0.717) is 11.3 Å². The van der Waals surface area contributed by atoms with Gasteiger partial charge in [-0.1, -0.05) is 54.1 Å². The third-order valence-corrected chi connectivity index (χ3v) is 5.11. The Morgan fingerprint density at radius 1 is 1.00 bits per heavy atom. The van der Waals surface area contributed by atoms with Gasteiger partial charge in [0.1, 0.15) is 0 Å². The van der Waals surface area contributed by atoms with Crippen LogP contribution in [0.4, 0.5) is 0 Å². The summed E-state index contributed by atoms with van der Waals surface area (Å²) < 4.78 is 7.31. The zero-order chi connectivity index (χ0) is 21.5. The van der Waals surface area contributed by atoms with E-state index in [2.05, 4.69) is 0 Å². The molecule has 0 saturated heterocycles. The molecular weight excluding hydrogens is 378 g/mol. The minimum absolute atomic E-state index is 0.0416. The molecule has 3 rings (SSSR count). The second kappa shape index (κ2) is 10.0. The Bertz CT molecular complexity index is 987. The summed E-state index contributed by atoms with van der Waals surface area (Å²) in [6.07, 6.45) is 2.94. The Balaban J connectivity index is 1.52. The van der Waals surface area contributed by atoms with Crippen molar-refractivity contribution in [3.8, 4) is 0 Å². The van der Waals surface area contributed by atoms with Crippen molar-refractivity contribution in [2.45, 2.75) is 45.9 Å². The zero-order valence-corrected chi connectivity index (χ0v) is 17.4. The van der Waals surface area contributed by atoms with Gasteiger partial charge >= 0.3 is 5.97 Å². The Morgan fingerprint density at radius 3 is 2.33 bits per heavy atom. The van der Waals surface area contributed by atoms with Crippen LogP contribution in [0.3, 0.4) is 0 Å². The zero-order valence-electron chi connectivity index (χ0n) is 17.4. The van der Waals surface area contributed by atoms with Gasteiger partial charge in [0.05, 0.1) is 12.3 Å². The molecule has 0 aliphatic rings. The molecule has 1 heterocycles. The summed E-state index contributed by atoms with van der Waals surface area (Å²) in [7, 11) is 0. The first-order chi connectivity index (χ1) is 14.4. The lowest BCUT2D eigenvalue weighted by Crippen LogP contribution is -2.19. The monoisotopic (exact) mass is 405 g/mol. The molecule has 1 unspecified atom stereocenters. The van der Waals surface area contributed by atoms with Gasteiger partial charge in [-0.2, -0.15) is 0 Å². The maximum absolute atomic E-state index is 12.8. The lowest BCUT2D eigenvalue weighted by molar-refractivity contribution is -0.149. The number of aliphatic carboxylic acids is 1. The summed E-state index contributed by atoms with van der Waals surface area (Å²) in [4.78, 5) is 23.6. The number of carboxylic acids is 1. The highest BCUT2D eigenvalue weighted by molar-refractivity contribution is 6.08. The molecule has 30 heavy (non-hydrogen) atoms. The van der Waals surface area contributed by atoms with E-state index < -0.39 is 12.1 Å². The predicted molar refractivity (Wildman–Crippen MR) is 116 cm³/mol. The Kier molecular flexibility index (Phi) is 7.20. The second-order valence-corrected chi connectivity index (χ2v) is 7.49. The molecule has 0 radical (unpaired) electrons. The van der Waals surface area contributed by atoms with Crippen LogP contribution in [-0.4, -0.2) is 27.5 Å². The van der Waals surface area contributed by atoms with Crippen LogP contribution in [0.2, 0.25) is 0 Å². The Hall–Kier alpha value is -3.18. The van der Waals surface area contributed by atoms with E-state index in [1.165, 1.54) is 12.5 Å². The minimum atomic E-state index is -0.961. The van der Waals surface area contributed by atoms with Crippen LogP contribution in [-0.2, 0) is 29.1 Å². The molecule has 3 aromatic rings. The van der Waals surface area contributed by atoms with Crippen molar-refractivity contribution < 1.29 is 19.4 Å². The number of rotatable bonds is 10. The summed E-state index contributed by atoms with van der Waals surface area (Å²) in [5.74, 6) is -0.920. The lowest BCUT2D eigenvalue weighted by atomic mass is 10.1. The maximum Gasteiger partial charge on any atom is 0.332 e. The topological polar surface area (TPSA) is 68.5 Å². The summed E-state index contributed by atoms with van der Waals surface area (Å²) in [6, 6.07) is 19.4. The fourth-order valence-corrected chi connectivity index (χ4v) is 3.22. The fourth-order valence-electron chi connectivity index (χ4n) is 3.22. The van der Waals surface area contributed by atoms with Crippen molar-refractivity contribution in [1.82, 2.24) is 4.57 Å². The van der Waals surface area contributed by atoms with Crippen molar-refractivity contribution in [3.63, 3.8) is 0 Å². The van der Waals surface area contributed by atoms with Crippen molar-refractivity contribution in [2.75, 3.05) is 0 Å². The van der Waals surface area contributed by atoms with Crippen LogP contribution in [0.5, 0.6) is 0 Å². The molecule has 156 valence electrons. The molecule has 0 saturated carbocycles. The summed E-state index contributed by atoms with van der Waals surface area (Å²) >= 11 is 0. The predicted octanol–water partition coefficient (Wildman–Crippen LogP) is 4.65. The van der Waals surface area contributed by atoms with E-state index in [-0.39, 0.29) is 12.4 Å². The number of ether oxygens (including phenoxy) is 1. The average Bonchev–Trinajstić information content (AvgIpc) is 3.21. The number of carbonyl (C=O) groups is 2. The maximum atomic E-state index is 12.8. The van der Waals surface area contributed by atoms with Crippen molar-refractivity contribution in [3.05, 3.63) is 94.8 Å². The first-order valence-electron chi connectivity index (χ1n) is 10.1. The second-order valence-electron chi connectivity index (χ2n) is 7.49. The summed E-state index contributed by atoms with van der Waals surface area (Å²) in [6.45, 7) is 4.57. The van der Waals surface area contributed by atoms with Crippen LogP contribution in [0.25, 0.3) is 0 Å². The average molecular weight is 405 g/mol. The van der Waals surface area contributed by atoms with E-state index in [4.69, 9.17) is 9.84 Å². The van der Waals surface area contributed by atoms with Gasteiger partial charge < -0.3 is 14.4 Å². The molecule has 2 aromatic carbocycles. The highest BCUT2D eigenvalue weighted by Gasteiger charge is 2.13. The molecule has 0 aliphatic heterocycles. The van der Waals surface area contributed by atoms with Gasteiger partial charge in [0.15, 0.2) is 6.10 Å². The van der Waals surface area contributed by atoms with E-state index in [9.17, 15) is 9.59 Å². The number of nitrogens with zero attached hydrogens (tertiary/aromatic N) is 1. The van der Waals surface area contributed by atoms with Crippen LogP contribution in [0.15, 0.2) is 66.9 Å². The van der Waals surface area contributed by atoms with E-state index in [1.54, 1.807) is 0 Å². The number of hydrogen-bond acceptors (Lipinski definition) is 3. The molecule has 1 aromatic heterocycles. The van der Waals surface area contributed by atoms with Gasteiger partial charge in [-0.3, -0.25) is 4.79 Å². The molecule has 0 aliphatic carbocycles. The van der Waals surface area contributed by atoms with Crippen LogP contribution >= 0.6 is 0 Å². The quantitative estimate of drug-likeness (QED) is 0.499. The molecule has 0 spiro atoms.